The molecule has 1 saturated heterocycles. The van der Waals surface area contributed by atoms with Crippen LogP contribution in [-0.2, 0) is 14.8 Å². The summed E-state index contributed by atoms with van der Waals surface area (Å²) in [4.78, 5) is 15.0. The first-order valence-electron chi connectivity index (χ1n) is 6.94. The number of sulfonamides is 1. The van der Waals surface area contributed by atoms with E-state index in [1.165, 1.54) is 6.07 Å². The Hall–Kier alpha value is -0.330. The fraction of sp³-hybridized carbons (Fsp3) is 0.143. The molecule has 1 aromatic carbocycles. The van der Waals surface area contributed by atoms with Crippen molar-refractivity contribution in [3.63, 3.8) is 0 Å². The minimum absolute atomic E-state index is 0.0912. The number of halogens is 2. The van der Waals surface area contributed by atoms with E-state index < -0.39 is 26.4 Å². The van der Waals surface area contributed by atoms with Crippen LogP contribution in [0.5, 0.6) is 0 Å². The molecule has 1 fully saturated rings. The minimum Gasteiger partial charge on any atom is -0.272 e. The number of rotatable bonds is 5. The van der Waals surface area contributed by atoms with E-state index in [1.807, 2.05) is 0 Å². The molecule has 3 rings (SSSR count). The van der Waals surface area contributed by atoms with Crippen LogP contribution in [0.2, 0.25) is 10.0 Å². The van der Waals surface area contributed by atoms with Gasteiger partial charge in [0, 0.05) is 5.25 Å². The van der Waals surface area contributed by atoms with Crippen LogP contribution in [0.1, 0.15) is 10.8 Å². The fourth-order valence-corrected chi connectivity index (χ4v) is 6.46. The average Bonchev–Trinajstić information content (AvgIpc) is 3.21. The maximum absolute atomic E-state index is 12.7. The van der Waals surface area contributed by atoms with Crippen LogP contribution in [0.25, 0.3) is 0 Å². The minimum atomic E-state index is -3.88. The van der Waals surface area contributed by atoms with Crippen LogP contribution in [0.4, 0.5) is 0 Å². The molecular weight excluding hydrogens is 475 g/mol. The Kier molecular flexibility index (Phi) is 6.25. The van der Waals surface area contributed by atoms with Crippen LogP contribution in [0.3, 0.4) is 0 Å². The Morgan fingerprint density at radius 2 is 2.00 bits per heavy atom. The lowest BCUT2D eigenvalue weighted by Gasteiger charge is -2.18. The van der Waals surface area contributed by atoms with Gasteiger partial charge in [-0.3, -0.25) is 4.79 Å². The van der Waals surface area contributed by atoms with Gasteiger partial charge in [0.2, 0.25) is 0 Å². The van der Waals surface area contributed by atoms with Crippen LogP contribution >= 0.6 is 71.1 Å². The molecular formula is C14H10Cl2N2O3S5. The second-order valence-electron chi connectivity index (χ2n) is 5.12. The number of carbonyl (C=O) groups excluding carboxylic acids is 1. The molecule has 5 nitrogen and oxygen atoms in total. The Balaban J connectivity index is 1.81. The maximum Gasteiger partial charge on any atom is 0.267 e. The van der Waals surface area contributed by atoms with Crippen molar-refractivity contribution in [3.05, 3.63) is 51.3 Å². The number of benzene rings is 1. The molecule has 2 heterocycles. The first-order chi connectivity index (χ1) is 12.2. The van der Waals surface area contributed by atoms with E-state index in [4.69, 9.17) is 35.4 Å². The van der Waals surface area contributed by atoms with E-state index in [1.54, 1.807) is 29.6 Å². The predicted octanol–water partition coefficient (Wildman–Crippen LogP) is 4.15. The summed E-state index contributed by atoms with van der Waals surface area (Å²) in [6, 6.07) is 7.99. The molecule has 0 aliphatic carbocycles. The Morgan fingerprint density at radius 1 is 1.27 bits per heavy atom. The van der Waals surface area contributed by atoms with Crippen molar-refractivity contribution in [2.45, 2.75) is 14.7 Å². The molecule has 1 aromatic heterocycles. The van der Waals surface area contributed by atoms with Crippen molar-refractivity contribution in [3.8, 4) is 0 Å². The van der Waals surface area contributed by atoms with Crippen molar-refractivity contribution < 1.29 is 13.2 Å². The topological polar surface area (TPSA) is 66.5 Å². The zero-order valence-corrected chi connectivity index (χ0v) is 18.3. The lowest BCUT2D eigenvalue weighted by atomic mass is 10.1. The number of hydrogen-bond acceptors (Lipinski definition) is 7. The Bertz CT molecular complexity index is 965. The molecule has 2 aromatic rings. The van der Waals surface area contributed by atoms with Gasteiger partial charge in [-0.1, -0.05) is 59.3 Å². The first-order valence-corrected chi connectivity index (χ1v) is 11.9. The van der Waals surface area contributed by atoms with Gasteiger partial charge >= 0.3 is 0 Å². The second-order valence-corrected chi connectivity index (χ2v) is 11.1. The molecule has 0 spiro atoms. The van der Waals surface area contributed by atoms with Crippen molar-refractivity contribution in [2.75, 3.05) is 0 Å². The van der Waals surface area contributed by atoms with Crippen molar-refractivity contribution >= 4 is 91.4 Å². The number of thiophene rings is 1. The number of hydrogen-bond donors (Lipinski definition) is 2. The summed E-state index contributed by atoms with van der Waals surface area (Å²) < 4.78 is 24.9. The standard InChI is InChI=1S/C14H10Cl2N2O3S5/c15-8-4-3-7(6-9(8)16)11(22)12-13(19)18(14(23)25-12)17-26(20,21)10-2-1-5-24-10/h1-6,11-12,17,22H/t11-,12-/m1/s1. The molecule has 1 aliphatic rings. The average molecular weight is 485 g/mol. The molecule has 26 heavy (non-hydrogen) atoms. The molecule has 138 valence electrons. The molecule has 1 amide bonds. The number of nitrogens with zero attached hydrogens (tertiary/aromatic N) is 1. The summed E-state index contributed by atoms with van der Waals surface area (Å²) in [6.07, 6.45) is 0. The van der Waals surface area contributed by atoms with Crippen molar-refractivity contribution in [1.82, 2.24) is 9.84 Å². The number of thiocarbonyl (C=S) groups is 1. The van der Waals surface area contributed by atoms with E-state index in [0.717, 1.165) is 28.1 Å². The lowest BCUT2D eigenvalue weighted by molar-refractivity contribution is -0.127. The van der Waals surface area contributed by atoms with Gasteiger partial charge in [-0.2, -0.15) is 12.6 Å². The number of hydrazine groups is 1. The highest BCUT2D eigenvalue weighted by Gasteiger charge is 2.43. The van der Waals surface area contributed by atoms with Gasteiger partial charge in [-0.25, -0.2) is 13.4 Å². The number of carbonyl (C=O) groups is 1. The quantitative estimate of drug-likeness (QED) is 0.492. The highest BCUT2D eigenvalue weighted by atomic mass is 35.5. The number of amides is 1. The van der Waals surface area contributed by atoms with Gasteiger partial charge < -0.3 is 0 Å². The lowest BCUT2D eigenvalue weighted by Crippen LogP contribution is -2.46. The van der Waals surface area contributed by atoms with Crippen molar-refractivity contribution in [1.29, 1.82) is 0 Å². The van der Waals surface area contributed by atoms with Crippen molar-refractivity contribution in [2.24, 2.45) is 0 Å². The highest BCUT2D eigenvalue weighted by molar-refractivity contribution is 8.24. The van der Waals surface area contributed by atoms with Gasteiger partial charge in [-0.05, 0) is 29.1 Å². The molecule has 0 radical (unpaired) electrons. The summed E-state index contributed by atoms with van der Waals surface area (Å²) in [5, 5.41) is 1.99. The molecule has 1 aliphatic heterocycles. The largest absolute Gasteiger partial charge is 0.272 e. The number of thiol groups is 1. The van der Waals surface area contributed by atoms with E-state index in [2.05, 4.69) is 17.5 Å². The third-order valence-corrected chi connectivity index (χ3v) is 9.23. The normalized spacial score (nSPS) is 19.2. The maximum atomic E-state index is 12.7. The van der Waals surface area contributed by atoms with E-state index in [0.29, 0.717) is 15.6 Å². The zero-order chi connectivity index (χ0) is 19.1. The zero-order valence-electron chi connectivity index (χ0n) is 12.6. The SMILES string of the molecule is O=C1[C@@H]([C@H](S)c2ccc(Cl)c(Cl)c2)SC(=S)N1NS(=O)(=O)c1cccs1. The Morgan fingerprint density at radius 3 is 2.62 bits per heavy atom. The fourth-order valence-electron chi connectivity index (χ4n) is 2.16. The van der Waals surface area contributed by atoms with Crippen LogP contribution in [0.15, 0.2) is 39.9 Å². The van der Waals surface area contributed by atoms with Gasteiger partial charge in [0.25, 0.3) is 15.9 Å². The van der Waals surface area contributed by atoms with Crippen LogP contribution < -0.4 is 4.83 Å². The van der Waals surface area contributed by atoms with Crippen LogP contribution in [-0.4, -0.2) is 28.9 Å². The monoisotopic (exact) mass is 484 g/mol. The summed E-state index contributed by atoms with van der Waals surface area (Å²) in [7, 11) is -3.88. The number of thioether (sulfide) groups is 1. The highest BCUT2D eigenvalue weighted by Crippen LogP contribution is 2.40. The summed E-state index contributed by atoms with van der Waals surface area (Å²) in [5.41, 5.74) is 0.680. The van der Waals surface area contributed by atoms with Gasteiger partial charge in [-0.15, -0.1) is 16.2 Å². The molecule has 1 N–H and O–H groups in total. The summed E-state index contributed by atoms with van der Waals surface area (Å²) >= 11 is 23.7. The van der Waals surface area contributed by atoms with Gasteiger partial charge in [0.05, 0.1) is 10.0 Å². The molecule has 0 saturated carbocycles. The molecule has 2 atom stereocenters. The summed E-state index contributed by atoms with van der Waals surface area (Å²) in [6.45, 7) is 0. The predicted molar refractivity (Wildman–Crippen MR) is 114 cm³/mol. The molecule has 0 bridgehead atoms. The van der Waals surface area contributed by atoms with E-state index in [9.17, 15) is 13.2 Å². The second kappa shape index (κ2) is 7.96. The van der Waals surface area contributed by atoms with Gasteiger partial charge in [0.1, 0.15) is 9.46 Å². The molecule has 12 heteroatoms. The molecule has 0 unspecified atom stereocenters. The smallest absolute Gasteiger partial charge is 0.267 e. The van der Waals surface area contributed by atoms with E-state index >= 15 is 0 Å². The number of nitrogens with one attached hydrogen (secondary N) is 1. The Labute approximate surface area is 179 Å². The third kappa shape index (κ3) is 4.07. The third-order valence-electron chi connectivity index (χ3n) is 3.42. The van der Waals surface area contributed by atoms with Crippen LogP contribution in [0, 0.1) is 0 Å². The summed E-state index contributed by atoms with van der Waals surface area (Å²) in [5.74, 6) is -0.494. The van der Waals surface area contributed by atoms with E-state index in [-0.39, 0.29) is 8.53 Å². The van der Waals surface area contributed by atoms with Gasteiger partial charge in [0.15, 0.2) is 4.32 Å². The first kappa shape index (κ1) is 20.4.